The van der Waals surface area contributed by atoms with E-state index in [4.69, 9.17) is 9.47 Å². The van der Waals surface area contributed by atoms with E-state index in [0.717, 1.165) is 5.56 Å². The van der Waals surface area contributed by atoms with Gasteiger partial charge in [0.25, 0.3) is 0 Å². The van der Waals surface area contributed by atoms with Crippen LogP contribution < -0.4 is 14.8 Å². The maximum atomic E-state index is 9.99. The van der Waals surface area contributed by atoms with E-state index in [-0.39, 0.29) is 6.54 Å². The molecular weight excluding hydrogens is 194 g/mol. The van der Waals surface area contributed by atoms with Crippen LogP contribution in [-0.4, -0.2) is 27.1 Å². The van der Waals surface area contributed by atoms with Crippen molar-refractivity contribution in [3.63, 3.8) is 0 Å². The summed E-state index contributed by atoms with van der Waals surface area (Å²) in [5, 5.41) is 2.92. The number of hydrogen-bond donors (Lipinski definition) is 1. The highest BCUT2D eigenvalue weighted by atomic mass is 16.5. The molecule has 1 radical (unpaired) electrons. The van der Waals surface area contributed by atoms with Gasteiger partial charge in [0.1, 0.15) is 0 Å². The first-order valence-corrected chi connectivity index (χ1v) is 4.58. The van der Waals surface area contributed by atoms with Crippen LogP contribution in [0.3, 0.4) is 0 Å². The summed E-state index contributed by atoms with van der Waals surface area (Å²) in [7, 11) is 3.19. The van der Waals surface area contributed by atoms with E-state index >= 15 is 0 Å². The van der Waals surface area contributed by atoms with Crippen LogP contribution in [0.5, 0.6) is 11.5 Å². The first-order chi connectivity index (χ1) is 7.31. The standard InChI is InChI=1S/C11H14NO3/c1-14-10-4-3-9(7-11(10)15-2)8-12-5-6-13/h3-4,7,12H,5,8H2,1-2H3. The van der Waals surface area contributed by atoms with Gasteiger partial charge < -0.3 is 14.8 Å². The number of carbonyl (C=O) groups excluding carboxylic acids is 1. The zero-order valence-corrected chi connectivity index (χ0v) is 8.87. The Morgan fingerprint density at radius 3 is 2.60 bits per heavy atom. The molecule has 0 saturated heterocycles. The highest BCUT2D eigenvalue weighted by Gasteiger charge is 2.03. The Balaban J connectivity index is 2.69. The summed E-state index contributed by atoms with van der Waals surface area (Å²) >= 11 is 0. The molecule has 0 atom stereocenters. The van der Waals surface area contributed by atoms with Crippen LogP contribution in [0.25, 0.3) is 0 Å². The van der Waals surface area contributed by atoms with Crippen molar-refractivity contribution in [2.24, 2.45) is 0 Å². The number of ether oxygens (including phenoxy) is 2. The van der Waals surface area contributed by atoms with Gasteiger partial charge in [-0.1, -0.05) is 6.07 Å². The number of methoxy groups -OCH3 is 2. The summed E-state index contributed by atoms with van der Waals surface area (Å²) in [4.78, 5) is 9.99. The largest absolute Gasteiger partial charge is 0.493 e. The van der Waals surface area contributed by atoms with Gasteiger partial charge in [0.2, 0.25) is 6.29 Å². The average Bonchev–Trinajstić information content (AvgIpc) is 2.29. The molecule has 0 aliphatic heterocycles. The van der Waals surface area contributed by atoms with E-state index in [1.807, 2.05) is 18.2 Å². The van der Waals surface area contributed by atoms with Crippen molar-refractivity contribution in [2.45, 2.75) is 6.54 Å². The van der Waals surface area contributed by atoms with Crippen molar-refractivity contribution in [3.05, 3.63) is 23.8 Å². The highest BCUT2D eigenvalue weighted by molar-refractivity contribution is 5.53. The zero-order valence-electron chi connectivity index (χ0n) is 8.87. The predicted molar refractivity (Wildman–Crippen MR) is 56.9 cm³/mol. The van der Waals surface area contributed by atoms with Gasteiger partial charge in [0.15, 0.2) is 11.5 Å². The minimum atomic E-state index is 0.231. The molecule has 1 aromatic carbocycles. The SMILES string of the molecule is COc1ccc(CNC[C]=O)cc1OC. The third-order valence-corrected chi connectivity index (χ3v) is 1.97. The lowest BCUT2D eigenvalue weighted by Gasteiger charge is -2.09. The molecule has 0 heterocycles. The Morgan fingerprint density at radius 2 is 2.00 bits per heavy atom. The number of rotatable bonds is 6. The van der Waals surface area contributed by atoms with Gasteiger partial charge in [0, 0.05) is 6.54 Å². The Hall–Kier alpha value is -1.55. The van der Waals surface area contributed by atoms with Gasteiger partial charge in [-0.2, -0.15) is 0 Å². The van der Waals surface area contributed by atoms with E-state index in [0.29, 0.717) is 18.0 Å². The van der Waals surface area contributed by atoms with Crippen LogP contribution >= 0.6 is 0 Å². The quantitative estimate of drug-likeness (QED) is 0.706. The molecule has 0 aromatic heterocycles. The van der Waals surface area contributed by atoms with E-state index in [9.17, 15) is 4.79 Å². The van der Waals surface area contributed by atoms with Crippen molar-refractivity contribution < 1.29 is 14.3 Å². The molecule has 15 heavy (non-hydrogen) atoms. The Kier molecular flexibility index (Phi) is 4.63. The Morgan fingerprint density at radius 1 is 1.27 bits per heavy atom. The molecule has 1 N–H and O–H groups in total. The summed E-state index contributed by atoms with van der Waals surface area (Å²) in [5.41, 5.74) is 1.03. The van der Waals surface area contributed by atoms with Gasteiger partial charge in [-0.3, -0.25) is 4.79 Å². The van der Waals surface area contributed by atoms with Gasteiger partial charge in [-0.05, 0) is 17.7 Å². The summed E-state index contributed by atoms with van der Waals surface area (Å²) < 4.78 is 10.3. The molecule has 1 rings (SSSR count). The molecule has 0 fully saturated rings. The Labute approximate surface area is 89.2 Å². The molecule has 4 nitrogen and oxygen atoms in total. The maximum Gasteiger partial charge on any atom is 0.213 e. The van der Waals surface area contributed by atoms with Crippen molar-refractivity contribution in [3.8, 4) is 11.5 Å². The smallest absolute Gasteiger partial charge is 0.213 e. The Bertz CT molecular complexity index is 326. The molecule has 1 aromatic rings. The topological polar surface area (TPSA) is 47.6 Å². The second-order valence-electron chi connectivity index (χ2n) is 2.94. The molecular formula is C11H14NO3. The molecule has 0 bridgehead atoms. The van der Waals surface area contributed by atoms with Crippen LogP contribution in [0.15, 0.2) is 18.2 Å². The third kappa shape index (κ3) is 3.25. The van der Waals surface area contributed by atoms with Crippen LogP contribution in [0.2, 0.25) is 0 Å². The van der Waals surface area contributed by atoms with Crippen LogP contribution in [0, 0.1) is 0 Å². The van der Waals surface area contributed by atoms with Crippen LogP contribution in [0.4, 0.5) is 0 Å². The monoisotopic (exact) mass is 208 g/mol. The lowest BCUT2D eigenvalue weighted by atomic mass is 10.2. The van der Waals surface area contributed by atoms with Crippen molar-refractivity contribution >= 4 is 6.29 Å². The fourth-order valence-corrected chi connectivity index (χ4v) is 1.25. The van der Waals surface area contributed by atoms with E-state index in [1.54, 1.807) is 20.5 Å². The first kappa shape index (κ1) is 11.5. The van der Waals surface area contributed by atoms with Crippen molar-refractivity contribution in [1.82, 2.24) is 5.32 Å². The normalized spacial score (nSPS) is 9.73. The summed E-state index contributed by atoms with van der Waals surface area (Å²) in [6, 6.07) is 5.62. The molecule has 0 saturated carbocycles. The van der Waals surface area contributed by atoms with Crippen molar-refractivity contribution in [1.29, 1.82) is 0 Å². The van der Waals surface area contributed by atoms with Gasteiger partial charge in [0.05, 0.1) is 20.8 Å². The fourth-order valence-electron chi connectivity index (χ4n) is 1.25. The lowest BCUT2D eigenvalue weighted by molar-refractivity contribution is 0.354. The predicted octanol–water partition coefficient (Wildman–Crippen LogP) is 0.903. The molecule has 0 amide bonds. The van der Waals surface area contributed by atoms with E-state index < -0.39 is 0 Å². The molecule has 0 spiro atoms. The average molecular weight is 208 g/mol. The van der Waals surface area contributed by atoms with Crippen molar-refractivity contribution in [2.75, 3.05) is 20.8 Å². The summed E-state index contributed by atoms with van der Waals surface area (Å²) in [6.45, 7) is 0.837. The van der Waals surface area contributed by atoms with Crippen LogP contribution in [-0.2, 0) is 11.3 Å². The summed E-state index contributed by atoms with van der Waals surface area (Å²) in [6.07, 6.45) is 1.77. The maximum absolute atomic E-state index is 9.99. The molecule has 81 valence electrons. The zero-order chi connectivity index (χ0) is 11.1. The second kappa shape index (κ2) is 6.03. The lowest BCUT2D eigenvalue weighted by Crippen LogP contribution is -2.15. The fraction of sp³-hybridized carbons (Fsp3) is 0.364. The minimum Gasteiger partial charge on any atom is -0.493 e. The third-order valence-electron chi connectivity index (χ3n) is 1.97. The highest BCUT2D eigenvalue weighted by Crippen LogP contribution is 2.27. The second-order valence-corrected chi connectivity index (χ2v) is 2.94. The number of nitrogens with one attached hydrogen (secondary N) is 1. The van der Waals surface area contributed by atoms with Gasteiger partial charge >= 0.3 is 0 Å². The molecule has 4 heteroatoms. The van der Waals surface area contributed by atoms with E-state index in [1.165, 1.54) is 0 Å². The number of hydrogen-bond acceptors (Lipinski definition) is 4. The number of benzene rings is 1. The minimum absolute atomic E-state index is 0.231. The molecule has 0 aliphatic rings. The molecule has 0 unspecified atom stereocenters. The van der Waals surface area contributed by atoms with E-state index in [2.05, 4.69) is 5.32 Å². The summed E-state index contributed by atoms with van der Waals surface area (Å²) in [5.74, 6) is 1.38. The molecule has 0 aliphatic carbocycles. The van der Waals surface area contributed by atoms with Crippen LogP contribution in [0.1, 0.15) is 5.56 Å². The van der Waals surface area contributed by atoms with Gasteiger partial charge in [-0.15, -0.1) is 0 Å². The first-order valence-electron chi connectivity index (χ1n) is 4.58. The van der Waals surface area contributed by atoms with Gasteiger partial charge in [-0.25, -0.2) is 0 Å².